The summed E-state index contributed by atoms with van der Waals surface area (Å²) >= 11 is 0. The first kappa shape index (κ1) is 17.9. The lowest BCUT2D eigenvalue weighted by Crippen LogP contribution is -2.42. The number of ether oxygens (including phenoxy) is 1. The molecule has 1 amide bonds. The van der Waals surface area contributed by atoms with Gasteiger partial charge in [-0.25, -0.2) is 0 Å². The first-order valence-electron chi connectivity index (χ1n) is 6.57. The fourth-order valence-electron chi connectivity index (χ4n) is 1.74. The van der Waals surface area contributed by atoms with E-state index in [-0.39, 0.29) is 12.5 Å². The number of hydrogen-bond acceptors (Lipinski definition) is 4. The van der Waals surface area contributed by atoms with Gasteiger partial charge in [0.15, 0.2) is 0 Å². The van der Waals surface area contributed by atoms with Crippen molar-refractivity contribution in [2.45, 2.75) is 20.8 Å². The largest absolute Gasteiger partial charge is 0.481 e. The monoisotopic (exact) mass is 274 g/mol. The quantitative estimate of drug-likeness (QED) is 0.565. The molecule has 0 radical (unpaired) electrons. The molecule has 1 atom stereocenters. The highest BCUT2D eigenvalue weighted by atomic mass is 16.5. The second-order valence-electron chi connectivity index (χ2n) is 5.17. The molecule has 0 saturated heterocycles. The molecule has 0 fully saturated rings. The highest BCUT2D eigenvalue weighted by Crippen LogP contribution is 2.04. The average Bonchev–Trinajstić information content (AvgIpc) is 2.27. The van der Waals surface area contributed by atoms with Crippen LogP contribution in [-0.4, -0.2) is 61.8 Å². The van der Waals surface area contributed by atoms with Gasteiger partial charge in [-0.3, -0.25) is 14.5 Å². The van der Waals surface area contributed by atoms with E-state index in [0.717, 1.165) is 0 Å². The number of hydrogen-bond donors (Lipinski definition) is 2. The van der Waals surface area contributed by atoms with Gasteiger partial charge in [-0.2, -0.15) is 0 Å². The van der Waals surface area contributed by atoms with Gasteiger partial charge in [0.05, 0.1) is 19.1 Å². The van der Waals surface area contributed by atoms with Crippen molar-refractivity contribution in [3.63, 3.8) is 0 Å². The minimum Gasteiger partial charge on any atom is -0.481 e. The maximum Gasteiger partial charge on any atom is 0.307 e. The SMILES string of the molecule is COCCNC(=O)CN(CC(C)C)CC(C)C(=O)O. The van der Waals surface area contributed by atoms with Crippen molar-refractivity contribution in [3.8, 4) is 0 Å². The number of methoxy groups -OCH3 is 1. The molecule has 0 rings (SSSR count). The van der Waals surface area contributed by atoms with Crippen LogP contribution in [0.5, 0.6) is 0 Å². The molecule has 0 aromatic carbocycles. The van der Waals surface area contributed by atoms with Crippen molar-refractivity contribution in [2.75, 3.05) is 39.9 Å². The van der Waals surface area contributed by atoms with E-state index >= 15 is 0 Å². The Morgan fingerprint density at radius 2 is 1.89 bits per heavy atom. The zero-order chi connectivity index (χ0) is 14.8. The number of rotatable bonds is 10. The maximum absolute atomic E-state index is 11.7. The summed E-state index contributed by atoms with van der Waals surface area (Å²) in [4.78, 5) is 24.5. The smallest absolute Gasteiger partial charge is 0.307 e. The molecule has 1 unspecified atom stereocenters. The molecule has 0 aromatic heterocycles. The van der Waals surface area contributed by atoms with E-state index in [1.165, 1.54) is 0 Å². The second-order valence-corrected chi connectivity index (χ2v) is 5.17. The minimum absolute atomic E-state index is 0.102. The fourth-order valence-corrected chi connectivity index (χ4v) is 1.74. The number of aliphatic carboxylic acids is 1. The summed E-state index contributed by atoms with van der Waals surface area (Å²) in [6, 6.07) is 0. The molecule has 0 aliphatic carbocycles. The van der Waals surface area contributed by atoms with Gasteiger partial charge in [-0.15, -0.1) is 0 Å². The Balaban J connectivity index is 4.25. The molecule has 6 nitrogen and oxygen atoms in total. The molecule has 0 spiro atoms. The molecule has 2 N–H and O–H groups in total. The summed E-state index contributed by atoms with van der Waals surface area (Å²) < 4.78 is 4.85. The Kier molecular flexibility index (Phi) is 9.16. The summed E-state index contributed by atoms with van der Waals surface area (Å²) in [6.07, 6.45) is 0. The second kappa shape index (κ2) is 9.75. The number of carboxylic acids is 1. The Morgan fingerprint density at radius 1 is 1.26 bits per heavy atom. The van der Waals surface area contributed by atoms with Crippen LogP contribution in [0.2, 0.25) is 0 Å². The maximum atomic E-state index is 11.7. The third-order valence-corrected chi connectivity index (χ3v) is 2.57. The van der Waals surface area contributed by atoms with Crippen LogP contribution in [0, 0.1) is 11.8 Å². The minimum atomic E-state index is -0.839. The van der Waals surface area contributed by atoms with E-state index in [2.05, 4.69) is 5.32 Å². The van der Waals surface area contributed by atoms with Gasteiger partial charge in [-0.05, 0) is 5.92 Å². The average molecular weight is 274 g/mol. The van der Waals surface area contributed by atoms with Crippen LogP contribution in [-0.2, 0) is 14.3 Å². The topological polar surface area (TPSA) is 78.9 Å². The number of nitrogens with zero attached hydrogens (tertiary/aromatic N) is 1. The van der Waals surface area contributed by atoms with E-state index in [9.17, 15) is 9.59 Å². The van der Waals surface area contributed by atoms with Crippen molar-refractivity contribution < 1.29 is 19.4 Å². The predicted molar refractivity (Wildman–Crippen MR) is 73.0 cm³/mol. The van der Waals surface area contributed by atoms with Gasteiger partial charge < -0.3 is 15.2 Å². The summed E-state index contributed by atoms with van der Waals surface area (Å²) in [7, 11) is 1.58. The van der Waals surface area contributed by atoms with Crippen LogP contribution in [0.4, 0.5) is 0 Å². The van der Waals surface area contributed by atoms with E-state index < -0.39 is 11.9 Å². The van der Waals surface area contributed by atoms with Gasteiger partial charge in [0.1, 0.15) is 0 Å². The molecule has 0 aliphatic rings. The van der Waals surface area contributed by atoms with Crippen molar-refractivity contribution in [3.05, 3.63) is 0 Å². The fraction of sp³-hybridized carbons (Fsp3) is 0.846. The lowest BCUT2D eigenvalue weighted by molar-refractivity contribution is -0.142. The van der Waals surface area contributed by atoms with Crippen molar-refractivity contribution in [2.24, 2.45) is 11.8 Å². The Labute approximate surface area is 115 Å². The van der Waals surface area contributed by atoms with Gasteiger partial charge in [-0.1, -0.05) is 20.8 Å². The summed E-state index contributed by atoms with van der Waals surface area (Å²) in [5, 5.41) is 11.7. The summed E-state index contributed by atoms with van der Waals surface area (Å²) in [5.74, 6) is -1.04. The standard InChI is InChI=1S/C13H26N2O4/c1-10(2)7-15(8-11(3)13(17)18)9-12(16)14-5-6-19-4/h10-11H,5-9H2,1-4H3,(H,14,16)(H,17,18). The van der Waals surface area contributed by atoms with Gasteiger partial charge in [0.2, 0.25) is 5.91 Å². The Morgan fingerprint density at radius 3 is 2.37 bits per heavy atom. The van der Waals surface area contributed by atoms with Crippen LogP contribution in [0.3, 0.4) is 0 Å². The van der Waals surface area contributed by atoms with E-state index in [4.69, 9.17) is 9.84 Å². The molecule has 0 heterocycles. The first-order valence-corrected chi connectivity index (χ1v) is 6.57. The van der Waals surface area contributed by atoms with Crippen molar-refractivity contribution in [1.29, 1.82) is 0 Å². The van der Waals surface area contributed by atoms with Gasteiger partial charge in [0, 0.05) is 26.7 Å². The normalized spacial score (nSPS) is 12.7. The molecule has 0 aromatic rings. The zero-order valence-corrected chi connectivity index (χ0v) is 12.3. The third kappa shape index (κ3) is 9.44. The highest BCUT2D eigenvalue weighted by molar-refractivity contribution is 5.78. The van der Waals surface area contributed by atoms with Crippen molar-refractivity contribution in [1.82, 2.24) is 10.2 Å². The van der Waals surface area contributed by atoms with E-state index in [0.29, 0.717) is 32.2 Å². The highest BCUT2D eigenvalue weighted by Gasteiger charge is 2.19. The van der Waals surface area contributed by atoms with Crippen LogP contribution < -0.4 is 5.32 Å². The van der Waals surface area contributed by atoms with Crippen molar-refractivity contribution >= 4 is 11.9 Å². The number of nitrogens with one attached hydrogen (secondary N) is 1. The lowest BCUT2D eigenvalue weighted by Gasteiger charge is -2.25. The van der Waals surface area contributed by atoms with Crippen LogP contribution in [0.25, 0.3) is 0 Å². The third-order valence-electron chi connectivity index (χ3n) is 2.57. The number of amides is 1. The van der Waals surface area contributed by atoms with Crippen LogP contribution >= 0.6 is 0 Å². The summed E-state index contributed by atoms with van der Waals surface area (Å²) in [5.41, 5.74) is 0. The molecule has 6 heteroatoms. The first-order chi connectivity index (χ1) is 8.86. The lowest BCUT2D eigenvalue weighted by atomic mass is 10.1. The Hall–Kier alpha value is -1.14. The molecular formula is C13H26N2O4. The van der Waals surface area contributed by atoms with Crippen LogP contribution in [0.15, 0.2) is 0 Å². The van der Waals surface area contributed by atoms with Gasteiger partial charge >= 0.3 is 5.97 Å². The molecule has 19 heavy (non-hydrogen) atoms. The van der Waals surface area contributed by atoms with E-state index in [1.54, 1.807) is 14.0 Å². The predicted octanol–water partition coefficient (Wildman–Crippen LogP) is 0.428. The number of carbonyl (C=O) groups excluding carboxylic acids is 1. The molecule has 112 valence electrons. The van der Waals surface area contributed by atoms with E-state index in [1.807, 2.05) is 18.7 Å². The molecule has 0 aliphatic heterocycles. The molecular weight excluding hydrogens is 248 g/mol. The molecule has 0 saturated carbocycles. The Bertz CT molecular complexity index is 282. The number of carbonyl (C=O) groups is 2. The van der Waals surface area contributed by atoms with Crippen LogP contribution in [0.1, 0.15) is 20.8 Å². The molecule has 0 bridgehead atoms. The summed E-state index contributed by atoms with van der Waals surface area (Å²) in [6.45, 7) is 7.99. The van der Waals surface area contributed by atoms with Gasteiger partial charge in [0.25, 0.3) is 0 Å². The number of carboxylic acid groups (broad SMARTS) is 1. The zero-order valence-electron chi connectivity index (χ0n) is 12.3.